The van der Waals surface area contributed by atoms with Crippen LogP contribution in [0.5, 0.6) is 5.75 Å². The van der Waals surface area contributed by atoms with Crippen molar-refractivity contribution in [1.82, 2.24) is 0 Å². The first-order chi connectivity index (χ1) is 6.29. The molecule has 0 unspecified atom stereocenters. The molecule has 2 rings (SSSR count). The summed E-state index contributed by atoms with van der Waals surface area (Å²) >= 11 is 5.17. The van der Waals surface area contributed by atoms with Crippen LogP contribution in [0.15, 0.2) is 27.6 Å². The van der Waals surface area contributed by atoms with Gasteiger partial charge in [0.1, 0.15) is 5.75 Å². The minimum absolute atomic E-state index is 0.479. The number of hydrogen-bond acceptors (Lipinski definition) is 2. The van der Waals surface area contributed by atoms with Gasteiger partial charge < -0.3 is 4.74 Å². The molecule has 0 aliphatic heterocycles. The largest absolute Gasteiger partial charge is 0.489 e. The molecule has 70 valence electrons. The number of thioether (sulfide) groups is 1. The average molecular weight is 259 g/mol. The van der Waals surface area contributed by atoms with Crippen molar-refractivity contribution in [2.24, 2.45) is 0 Å². The molecule has 0 atom stereocenters. The number of rotatable bonds is 3. The number of halogens is 1. The normalized spacial score (nSPS) is 15.8. The predicted octanol–water partition coefficient (Wildman–Crippen LogP) is 3.71. The van der Waals surface area contributed by atoms with Crippen molar-refractivity contribution in [3.63, 3.8) is 0 Å². The Bertz CT molecular complexity index is 310. The highest BCUT2D eigenvalue weighted by Crippen LogP contribution is 2.34. The zero-order valence-corrected chi connectivity index (χ0v) is 9.82. The Morgan fingerprint density at radius 1 is 1.46 bits per heavy atom. The Labute approximate surface area is 91.0 Å². The van der Waals surface area contributed by atoms with Crippen LogP contribution in [0.2, 0.25) is 0 Å². The van der Waals surface area contributed by atoms with Crippen LogP contribution in [0, 0.1) is 0 Å². The molecular formula is C10H11BrOS. The lowest BCUT2D eigenvalue weighted by Crippen LogP contribution is -1.96. The summed E-state index contributed by atoms with van der Waals surface area (Å²) in [5.74, 6) is 1.03. The molecule has 1 aromatic rings. The molecule has 0 saturated heterocycles. The molecule has 1 fully saturated rings. The van der Waals surface area contributed by atoms with Crippen molar-refractivity contribution in [1.29, 1.82) is 0 Å². The van der Waals surface area contributed by atoms with Crippen molar-refractivity contribution in [2.75, 3.05) is 6.26 Å². The van der Waals surface area contributed by atoms with Crippen LogP contribution in [0.1, 0.15) is 12.8 Å². The third-order valence-electron chi connectivity index (χ3n) is 1.94. The first kappa shape index (κ1) is 9.41. The highest BCUT2D eigenvalue weighted by molar-refractivity contribution is 9.10. The van der Waals surface area contributed by atoms with E-state index in [0.717, 1.165) is 10.2 Å². The Hall–Kier alpha value is -0.150. The Kier molecular flexibility index (Phi) is 2.84. The van der Waals surface area contributed by atoms with Crippen LogP contribution >= 0.6 is 27.7 Å². The third kappa shape index (κ3) is 2.41. The smallest absolute Gasteiger partial charge is 0.133 e. The second-order valence-corrected chi connectivity index (χ2v) is 4.88. The van der Waals surface area contributed by atoms with Gasteiger partial charge in [-0.3, -0.25) is 0 Å². The van der Waals surface area contributed by atoms with Crippen molar-refractivity contribution in [2.45, 2.75) is 23.8 Å². The van der Waals surface area contributed by atoms with Gasteiger partial charge in [0.15, 0.2) is 0 Å². The minimum atomic E-state index is 0.479. The van der Waals surface area contributed by atoms with E-state index in [9.17, 15) is 0 Å². The summed E-state index contributed by atoms with van der Waals surface area (Å²) in [6, 6.07) is 6.16. The molecular weight excluding hydrogens is 248 g/mol. The number of benzene rings is 1. The number of ether oxygens (including phenoxy) is 1. The lowest BCUT2D eigenvalue weighted by molar-refractivity contribution is 0.296. The van der Waals surface area contributed by atoms with Gasteiger partial charge in [-0.1, -0.05) is 15.9 Å². The molecule has 0 amide bonds. The summed E-state index contributed by atoms with van der Waals surface area (Å²) in [6.45, 7) is 0. The molecule has 0 N–H and O–H groups in total. The fourth-order valence-electron chi connectivity index (χ4n) is 1.10. The van der Waals surface area contributed by atoms with Gasteiger partial charge in [-0.15, -0.1) is 11.8 Å². The summed E-state index contributed by atoms with van der Waals surface area (Å²) in [7, 11) is 0. The Morgan fingerprint density at radius 3 is 2.85 bits per heavy atom. The maximum absolute atomic E-state index is 5.76. The van der Waals surface area contributed by atoms with E-state index in [1.54, 1.807) is 11.8 Å². The van der Waals surface area contributed by atoms with Crippen molar-refractivity contribution in [3.8, 4) is 5.75 Å². The fraction of sp³-hybridized carbons (Fsp3) is 0.400. The first-order valence-electron chi connectivity index (χ1n) is 4.30. The van der Waals surface area contributed by atoms with E-state index in [0.29, 0.717) is 6.10 Å². The molecule has 1 aliphatic rings. The van der Waals surface area contributed by atoms with E-state index in [-0.39, 0.29) is 0 Å². The molecule has 0 bridgehead atoms. The zero-order chi connectivity index (χ0) is 9.26. The zero-order valence-electron chi connectivity index (χ0n) is 7.42. The van der Waals surface area contributed by atoms with Gasteiger partial charge in [0.05, 0.1) is 11.0 Å². The predicted molar refractivity (Wildman–Crippen MR) is 59.6 cm³/mol. The minimum Gasteiger partial charge on any atom is -0.489 e. The van der Waals surface area contributed by atoms with E-state index in [4.69, 9.17) is 4.74 Å². The van der Waals surface area contributed by atoms with E-state index in [2.05, 4.69) is 28.3 Å². The highest BCUT2D eigenvalue weighted by atomic mass is 79.9. The molecule has 0 radical (unpaired) electrons. The van der Waals surface area contributed by atoms with Crippen LogP contribution in [0.4, 0.5) is 0 Å². The van der Waals surface area contributed by atoms with E-state index >= 15 is 0 Å². The average Bonchev–Trinajstić information content (AvgIpc) is 2.92. The highest BCUT2D eigenvalue weighted by Gasteiger charge is 2.24. The van der Waals surface area contributed by atoms with Crippen LogP contribution in [0.25, 0.3) is 0 Å². The van der Waals surface area contributed by atoms with Gasteiger partial charge in [-0.05, 0) is 37.3 Å². The SMILES string of the molecule is CSc1cc(Br)ccc1OC1CC1. The molecule has 1 aromatic carbocycles. The Morgan fingerprint density at radius 2 is 2.23 bits per heavy atom. The lowest BCUT2D eigenvalue weighted by Gasteiger charge is -2.08. The lowest BCUT2D eigenvalue weighted by atomic mass is 10.3. The van der Waals surface area contributed by atoms with Crippen LogP contribution in [-0.2, 0) is 0 Å². The van der Waals surface area contributed by atoms with Crippen LogP contribution < -0.4 is 4.74 Å². The van der Waals surface area contributed by atoms with Crippen LogP contribution in [-0.4, -0.2) is 12.4 Å². The maximum Gasteiger partial charge on any atom is 0.133 e. The third-order valence-corrected chi connectivity index (χ3v) is 3.20. The number of hydrogen-bond donors (Lipinski definition) is 0. The fourth-order valence-corrected chi connectivity index (χ4v) is 2.18. The molecule has 0 aromatic heterocycles. The topological polar surface area (TPSA) is 9.23 Å². The van der Waals surface area contributed by atoms with Gasteiger partial charge in [0, 0.05) is 4.47 Å². The van der Waals surface area contributed by atoms with Gasteiger partial charge in [0.25, 0.3) is 0 Å². The molecule has 0 spiro atoms. The molecule has 1 saturated carbocycles. The van der Waals surface area contributed by atoms with Gasteiger partial charge >= 0.3 is 0 Å². The summed E-state index contributed by atoms with van der Waals surface area (Å²) in [6.07, 6.45) is 4.97. The van der Waals surface area contributed by atoms with E-state index < -0.39 is 0 Å². The second kappa shape index (κ2) is 3.93. The van der Waals surface area contributed by atoms with Crippen molar-refractivity contribution in [3.05, 3.63) is 22.7 Å². The summed E-state index contributed by atoms with van der Waals surface area (Å²) in [4.78, 5) is 1.21. The van der Waals surface area contributed by atoms with Crippen molar-refractivity contribution >= 4 is 27.7 Å². The first-order valence-corrected chi connectivity index (χ1v) is 6.31. The maximum atomic E-state index is 5.76. The van der Waals surface area contributed by atoms with Crippen LogP contribution in [0.3, 0.4) is 0 Å². The van der Waals surface area contributed by atoms with Gasteiger partial charge in [0.2, 0.25) is 0 Å². The molecule has 0 heterocycles. The second-order valence-electron chi connectivity index (χ2n) is 3.11. The quantitative estimate of drug-likeness (QED) is 0.765. The molecule has 3 heteroatoms. The standard InChI is InChI=1S/C10H11BrOS/c1-13-10-6-7(11)2-5-9(10)12-8-3-4-8/h2,5-6,8H,3-4H2,1H3. The van der Waals surface area contributed by atoms with Crippen molar-refractivity contribution < 1.29 is 4.74 Å². The summed E-state index contributed by atoms with van der Waals surface area (Å²) in [5, 5.41) is 0. The van der Waals surface area contributed by atoms with E-state index in [1.165, 1.54) is 17.7 Å². The summed E-state index contributed by atoms with van der Waals surface area (Å²) < 4.78 is 6.87. The summed E-state index contributed by atoms with van der Waals surface area (Å²) in [5.41, 5.74) is 0. The molecule has 1 aliphatic carbocycles. The van der Waals surface area contributed by atoms with E-state index in [1.807, 2.05) is 12.1 Å². The monoisotopic (exact) mass is 258 g/mol. The Balaban J connectivity index is 2.21. The van der Waals surface area contributed by atoms with Gasteiger partial charge in [-0.2, -0.15) is 0 Å². The molecule has 13 heavy (non-hydrogen) atoms. The van der Waals surface area contributed by atoms with Gasteiger partial charge in [-0.25, -0.2) is 0 Å². The molecule has 1 nitrogen and oxygen atoms in total.